The van der Waals surface area contributed by atoms with Crippen molar-refractivity contribution in [3.63, 3.8) is 0 Å². The van der Waals surface area contributed by atoms with Gasteiger partial charge in [0.1, 0.15) is 0 Å². The van der Waals surface area contributed by atoms with Crippen LogP contribution in [0.1, 0.15) is 0 Å². The summed E-state index contributed by atoms with van der Waals surface area (Å²) in [6.07, 6.45) is 0. The van der Waals surface area contributed by atoms with Crippen LogP contribution < -0.4 is 0 Å². The minimum absolute atomic E-state index is 0.607. The van der Waals surface area contributed by atoms with Gasteiger partial charge in [-0.2, -0.15) is 0 Å². The van der Waals surface area contributed by atoms with Gasteiger partial charge in [0.25, 0.3) is 0 Å². The average Bonchev–Trinajstić information content (AvgIpc) is 4.16. The van der Waals surface area contributed by atoms with Crippen LogP contribution in [-0.4, -0.2) is 24.1 Å². The van der Waals surface area contributed by atoms with E-state index in [1.54, 1.807) is 0 Å². The Bertz CT molecular complexity index is 4570. The molecule has 15 aromatic rings. The Morgan fingerprint density at radius 2 is 0.587 bits per heavy atom. The van der Waals surface area contributed by atoms with Crippen molar-refractivity contribution in [1.29, 1.82) is 0 Å². The van der Waals surface area contributed by atoms with Crippen molar-refractivity contribution >= 4 is 75.1 Å². The number of para-hydroxylation sites is 2. The molecule has 75 heavy (non-hydrogen) atoms. The molecule has 0 aliphatic heterocycles. The first-order chi connectivity index (χ1) is 37.2. The molecule has 0 amide bonds. The molecule has 5 nitrogen and oxygen atoms in total. The lowest BCUT2D eigenvalue weighted by molar-refractivity contribution is 1.07. The summed E-state index contributed by atoms with van der Waals surface area (Å²) in [6, 6.07) is 93.1. The van der Waals surface area contributed by atoms with E-state index in [2.05, 4.69) is 258 Å². The number of thiophene rings is 1. The highest BCUT2D eigenvalue weighted by atomic mass is 32.1. The van der Waals surface area contributed by atoms with Crippen molar-refractivity contribution in [2.24, 2.45) is 0 Å². The molecular weight excluding hydrogens is 931 g/mol. The molecule has 0 atom stereocenters. The molecule has 0 aliphatic rings. The number of aromatic nitrogens is 5. The first-order valence-corrected chi connectivity index (χ1v) is 26.2. The highest BCUT2D eigenvalue weighted by Gasteiger charge is 2.23. The lowest BCUT2D eigenvalue weighted by Crippen LogP contribution is -2.02. The van der Waals surface area contributed by atoms with Crippen LogP contribution in [0.25, 0.3) is 143 Å². The summed E-state index contributed by atoms with van der Waals surface area (Å²) >= 11 is 1.90. The Kier molecular flexibility index (Phi) is 10.00. The Hall–Kier alpha value is -9.75. The maximum absolute atomic E-state index is 5.30. The van der Waals surface area contributed by atoms with Crippen LogP contribution in [0.4, 0.5) is 0 Å². The number of nitrogens with zero attached hydrogens (tertiary/aromatic N) is 5. The molecule has 0 fully saturated rings. The van der Waals surface area contributed by atoms with E-state index in [1.807, 2.05) is 23.5 Å². The van der Waals surface area contributed by atoms with Crippen molar-refractivity contribution in [3.8, 4) is 78.9 Å². The van der Waals surface area contributed by atoms with Crippen LogP contribution in [0.3, 0.4) is 0 Å². The minimum Gasteiger partial charge on any atom is -0.308 e. The molecule has 0 radical (unpaired) electrons. The van der Waals surface area contributed by atoms with Crippen molar-refractivity contribution in [3.05, 3.63) is 261 Å². The molecule has 6 heteroatoms. The third-order valence-electron chi connectivity index (χ3n) is 14.8. The molecule has 0 unspecified atom stereocenters. The van der Waals surface area contributed by atoms with Crippen LogP contribution in [0.5, 0.6) is 0 Å². The van der Waals surface area contributed by atoms with Crippen LogP contribution in [0.2, 0.25) is 0 Å². The van der Waals surface area contributed by atoms with Crippen LogP contribution >= 0.6 is 11.3 Å². The zero-order chi connectivity index (χ0) is 49.4. The predicted octanol–water partition coefficient (Wildman–Crippen LogP) is 18.4. The van der Waals surface area contributed by atoms with E-state index >= 15 is 0 Å². The summed E-state index contributed by atoms with van der Waals surface area (Å²) in [4.78, 5) is 15.9. The second kappa shape index (κ2) is 17.5. The van der Waals surface area contributed by atoms with Crippen LogP contribution in [-0.2, 0) is 0 Å². The van der Waals surface area contributed by atoms with Crippen molar-refractivity contribution in [2.75, 3.05) is 0 Å². The number of hydrogen-bond donors (Lipinski definition) is 0. The number of fused-ring (bicyclic) bond motifs is 11. The first-order valence-electron chi connectivity index (χ1n) is 25.3. The monoisotopic (exact) mass is 973 g/mol. The van der Waals surface area contributed by atoms with Gasteiger partial charge in [0, 0.05) is 60.4 Å². The van der Waals surface area contributed by atoms with Crippen LogP contribution in [0.15, 0.2) is 261 Å². The summed E-state index contributed by atoms with van der Waals surface area (Å²) in [6.45, 7) is 0. The van der Waals surface area contributed by atoms with Crippen molar-refractivity contribution in [2.45, 2.75) is 0 Å². The zero-order valence-corrected chi connectivity index (χ0v) is 41.3. The van der Waals surface area contributed by atoms with E-state index in [1.165, 1.54) is 69.4 Å². The molecule has 4 heterocycles. The lowest BCUT2D eigenvalue weighted by Gasteiger charge is -2.14. The first kappa shape index (κ1) is 42.9. The second-order valence-electron chi connectivity index (χ2n) is 19.1. The number of rotatable bonds is 8. The fourth-order valence-corrected chi connectivity index (χ4v) is 12.7. The predicted molar refractivity (Wildman–Crippen MR) is 314 cm³/mol. The van der Waals surface area contributed by atoms with E-state index in [9.17, 15) is 0 Å². The summed E-state index contributed by atoms with van der Waals surface area (Å²) < 4.78 is 7.46. The van der Waals surface area contributed by atoms with Crippen molar-refractivity contribution in [1.82, 2.24) is 24.1 Å². The molecule has 15 rings (SSSR count). The van der Waals surface area contributed by atoms with E-state index in [0.29, 0.717) is 17.5 Å². The number of benzene rings is 11. The topological polar surface area (TPSA) is 48.5 Å². The normalized spacial score (nSPS) is 11.7. The number of hydrogen-bond acceptors (Lipinski definition) is 4. The van der Waals surface area contributed by atoms with Gasteiger partial charge >= 0.3 is 0 Å². The molecule has 0 aliphatic carbocycles. The standard InChI is InChI=1S/C69H43N5S/c1-4-18-44(19-5-1)45-32-36-49(37-33-45)73-61-30-16-14-26-53(61)55-40-42-57-58-43-41-56-54-27-15-17-31-62(54)74(64(56)66(58)75-65(57)63(55)73)50-38-34-48(35-39-50)67-70-68(59-28-12-10-24-51(59)46-20-6-2-7-21-46)72-69(71-67)60-29-13-11-25-52(60)47-22-8-3-9-23-47/h1-43H. The summed E-state index contributed by atoms with van der Waals surface area (Å²) in [5.74, 6) is 1.84. The van der Waals surface area contributed by atoms with Gasteiger partial charge in [0.15, 0.2) is 17.5 Å². The third-order valence-corrected chi connectivity index (χ3v) is 16.1. The van der Waals surface area contributed by atoms with E-state index in [0.717, 1.165) is 55.8 Å². The molecule has 0 saturated carbocycles. The largest absolute Gasteiger partial charge is 0.308 e. The average molecular weight is 974 g/mol. The second-order valence-corrected chi connectivity index (χ2v) is 20.1. The van der Waals surface area contributed by atoms with E-state index in [4.69, 9.17) is 15.0 Å². The summed E-state index contributed by atoms with van der Waals surface area (Å²) in [5, 5.41) is 7.44. The van der Waals surface area contributed by atoms with E-state index < -0.39 is 0 Å². The van der Waals surface area contributed by atoms with E-state index in [-0.39, 0.29) is 0 Å². The Morgan fingerprint density at radius 1 is 0.240 bits per heavy atom. The Balaban J connectivity index is 0.912. The van der Waals surface area contributed by atoms with Gasteiger partial charge in [-0.25, -0.2) is 15.0 Å². The molecule has 4 aromatic heterocycles. The summed E-state index contributed by atoms with van der Waals surface area (Å²) in [7, 11) is 0. The molecular formula is C69H43N5S. The van der Waals surface area contributed by atoms with Gasteiger partial charge in [0.2, 0.25) is 0 Å². The highest BCUT2D eigenvalue weighted by Crippen LogP contribution is 2.47. The summed E-state index contributed by atoms with van der Waals surface area (Å²) in [5.41, 5.74) is 16.5. The molecule has 0 spiro atoms. The Labute approximate surface area is 436 Å². The fourth-order valence-electron chi connectivity index (χ4n) is 11.4. The SMILES string of the molecule is c1ccc(-c2ccc(-n3c4ccccc4c4ccc5c6ccc7c8ccccc8n(-c8ccc(-c9nc(-c%10ccccc%10-c%10ccccc%10)nc(-c%10ccccc%10-c%10ccccc%10)n9)cc8)c7c6sc5c43)cc2)cc1. The lowest BCUT2D eigenvalue weighted by atomic mass is 9.98. The van der Waals surface area contributed by atoms with Gasteiger partial charge in [-0.15, -0.1) is 11.3 Å². The Morgan fingerprint density at radius 3 is 1.05 bits per heavy atom. The van der Waals surface area contributed by atoms with Gasteiger partial charge < -0.3 is 9.13 Å². The highest BCUT2D eigenvalue weighted by molar-refractivity contribution is 7.27. The maximum Gasteiger partial charge on any atom is 0.164 e. The van der Waals surface area contributed by atoms with Gasteiger partial charge in [0.05, 0.1) is 31.5 Å². The smallest absolute Gasteiger partial charge is 0.164 e. The van der Waals surface area contributed by atoms with Gasteiger partial charge in [-0.1, -0.05) is 212 Å². The van der Waals surface area contributed by atoms with Crippen molar-refractivity contribution < 1.29 is 0 Å². The maximum atomic E-state index is 5.30. The quantitative estimate of drug-likeness (QED) is 0.152. The minimum atomic E-state index is 0.607. The molecule has 0 bridgehead atoms. The fraction of sp³-hybridized carbons (Fsp3) is 0. The molecule has 11 aromatic carbocycles. The van der Waals surface area contributed by atoms with Gasteiger partial charge in [-0.3, -0.25) is 0 Å². The molecule has 0 saturated heterocycles. The van der Waals surface area contributed by atoms with Crippen LogP contribution in [0, 0.1) is 0 Å². The molecule has 0 N–H and O–H groups in total. The zero-order valence-electron chi connectivity index (χ0n) is 40.5. The van der Waals surface area contributed by atoms with Gasteiger partial charge in [-0.05, 0) is 81.9 Å². The third kappa shape index (κ3) is 7.03. The molecule has 350 valence electrons.